The molecular formula is C20H21F3N2O2S. The minimum absolute atomic E-state index is 0.235. The number of para-hydroxylation sites is 1. The van der Waals surface area contributed by atoms with Crippen molar-refractivity contribution in [1.82, 2.24) is 5.32 Å². The molecule has 0 saturated carbocycles. The van der Waals surface area contributed by atoms with Crippen molar-refractivity contribution >= 4 is 28.9 Å². The van der Waals surface area contributed by atoms with Crippen molar-refractivity contribution in [2.45, 2.75) is 32.9 Å². The summed E-state index contributed by atoms with van der Waals surface area (Å²) < 4.78 is 44.4. The number of hydrogen-bond donors (Lipinski definition) is 2. The number of alkyl halides is 3. The Morgan fingerprint density at radius 1 is 1.18 bits per heavy atom. The first kappa shape index (κ1) is 21.7. The van der Waals surface area contributed by atoms with Gasteiger partial charge in [-0.05, 0) is 60.5 Å². The molecule has 0 saturated heterocycles. The van der Waals surface area contributed by atoms with Crippen LogP contribution in [-0.4, -0.2) is 17.6 Å². The maximum absolute atomic E-state index is 13.0. The fraction of sp³-hybridized carbons (Fsp3) is 0.300. The van der Waals surface area contributed by atoms with E-state index < -0.39 is 17.6 Å². The van der Waals surface area contributed by atoms with Gasteiger partial charge >= 0.3 is 6.18 Å². The molecule has 0 bridgehead atoms. The number of nitrogens with one attached hydrogen (secondary N) is 2. The molecule has 2 aromatic rings. The summed E-state index contributed by atoms with van der Waals surface area (Å²) in [6, 6.07) is 10.4. The summed E-state index contributed by atoms with van der Waals surface area (Å²) in [5.74, 6) is 0.325. The maximum atomic E-state index is 13.0. The van der Waals surface area contributed by atoms with Crippen LogP contribution >= 0.6 is 12.2 Å². The number of thiocarbonyl (C=S) groups is 1. The highest BCUT2D eigenvalue weighted by Crippen LogP contribution is 2.34. The summed E-state index contributed by atoms with van der Waals surface area (Å²) in [4.78, 5) is 12.0. The Balaban J connectivity index is 1.92. The molecule has 2 aromatic carbocycles. The second-order valence-corrected chi connectivity index (χ2v) is 6.92. The van der Waals surface area contributed by atoms with E-state index in [9.17, 15) is 18.0 Å². The molecule has 8 heteroatoms. The highest BCUT2D eigenvalue weighted by Gasteiger charge is 2.33. The number of halogens is 3. The number of carbonyl (C=O) groups excluding carboxylic acids is 1. The molecule has 0 aliphatic rings. The summed E-state index contributed by atoms with van der Waals surface area (Å²) in [6.45, 7) is 5.81. The van der Waals surface area contributed by atoms with Crippen LogP contribution in [-0.2, 0) is 11.0 Å². The van der Waals surface area contributed by atoms with Gasteiger partial charge in [-0.2, -0.15) is 13.2 Å². The first-order chi connectivity index (χ1) is 13.1. The molecule has 28 heavy (non-hydrogen) atoms. The zero-order valence-electron chi connectivity index (χ0n) is 15.7. The SMILES string of the molecule is Cc1cc(OCC(=O)NC(=S)Nc2ccccc2C(F)(F)F)ccc1C(C)C. The standard InChI is InChI=1S/C20H21F3N2O2S/c1-12(2)15-9-8-14(10-13(15)3)27-11-18(26)25-19(28)24-17-7-5-4-6-16(17)20(21,22)23/h4-10,12H,11H2,1-3H3,(H2,24,25,26,28). The van der Waals surface area contributed by atoms with E-state index in [1.54, 1.807) is 6.07 Å². The normalized spacial score (nSPS) is 11.2. The molecular weight excluding hydrogens is 389 g/mol. The molecule has 0 aliphatic carbocycles. The van der Waals surface area contributed by atoms with Crippen molar-refractivity contribution in [3.05, 3.63) is 59.2 Å². The Bertz CT molecular complexity index is 867. The average Bonchev–Trinajstić information content (AvgIpc) is 2.59. The summed E-state index contributed by atoms with van der Waals surface area (Å²) in [7, 11) is 0. The molecule has 4 nitrogen and oxygen atoms in total. The summed E-state index contributed by atoms with van der Waals surface area (Å²) in [5.41, 5.74) is 1.13. The Morgan fingerprint density at radius 3 is 2.46 bits per heavy atom. The van der Waals surface area contributed by atoms with Crippen LogP contribution < -0.4 is 15.4 Å². The zero-order valence-corrected chi connectivity index (χ0v) is 16.5. The lowest BCUT2D eigenvalue weighted by Gasteiger charge is -2.15. The Morgan fingerprint density at radius 2 is 1.86 bits per heavy atom. The molecule has 0 fully saturated rings. The van der Waals surface area contributed by atoms with E-state index in [-0.39, 0.29) is 17.4 Å². The van der Waals surface area contributed by atoms with Gasteiger partial charge in [-0.1, -0.05) is 32.0 Å². The average molecular weight is 410 g/mol. The van der Waals surface area contributed by atoms with Gasteiger partial charge in [0.05, 0.1) is 11.3 Å². The van der Waals surface area contributed by atoms with E-state index in [0.29, 0.717) is 11.7 Å². The highest BCUT2D eigenvalue weighted by atomic mass is 32.1. The number of ether oxygens (including phenoxy) is 1. The summed E-state index contributed by atoms with van der Waals surface area (Å²) in [6.07, 6.45) is -4.54. The molecule has 0 aliphatic heterocycles. The van der Waals surface area contributed by atoms with Crippen molar-refractivity contribution in [2.75, 3.05) is 11.9 Å². The first-order valence-electron chi connectivity index (χ1n) is 8.58. The van der Waals surface area contributed by atoms with Crippen LogP contribution in [0.2, 0.25) is 0 Å². The van der Waals surface area contributed by atoms with Gasteiger partial charge in [-0.25, -0.2) is 0 Å². The first-order valence-corrected chi connectivity index (χ1v) is 8.99. The Labute approximate surface area is 167 Å². The third-order valence-electron chi connectivity index (χ3n) is 3.97. The Kier molecular flexibility index (Phi) is 7.01. The van der Waals surface area contributed by atoms with E-state index in [0.717, 1.165) is 11.6 Å². The van der Waals surface area contributed by atoms with Gasteiger partial charge in [0.15, 0.2) is 11.7 Å². The van der Waals surface area contributed by atoms with Gasteiger partial charge in [0.25, 0.3) is 5.91 Å². The van der Waals surface area contributed by atoms with Gasteiger partial charge in [0, 0.05) is 0 Å². The zero-order chi connectivity index (χ0) is 20.9. The van der Waals surface area contributed by atoms with Crippen molar-refractivity contribution in [2.24, 2.45) is 0 Å². The van der Waals surface area contributed by atoms with Crippen LogP contribution in [0.15, 0.2) is 42.5 Å². The minimum atomic E-state index is -4.54. The molecule has 2 N–H and O–H groups in total. The van der Waals surface area contributed by atoms with Crippen molar-refractivity contribution < 1.29 is 22.7 Å². The molecule has 1 amide bonds. The fourth-order valence-corrected chi connectivity index (χ4v) is 2.91. The van der Waals surface area contributed by atoms with Crippen molar-refractivity contribution in [1.29, 1.82) is 0 Å². The van der Waals surface area contributed by atoms with Gasteiger partial charge < -0.3 is 10.1 Å². The smallest absolute Gasteiger partial charge is 0.418 e. The van der Waals surface area contributed by atoms with E-state index in [4.69, 9.17) is 17.0 Å². The van der Waals surface area contributed by atoms with Crippen LogP contribution in [0.5, 0.6) is 5.75 Å². The van der Waals surface area contributed by atoms with Gasteiger partial charge in [-0.3, -0.25) is 10.1 Å². The van der Waals surface area contributed by atoms with Crippen LogP contribution in [0.4, 0.5) is 18.9 Å². The topological polar surface area (TPSA) is 50.4 Å². The van der Waals surface area contributed by atoms with E-state index in [2.05, 4.69) is 24.5 Å². The molecule has 0 atom stereocenters. The largest absolute Gasteiger partial charge is 0.484 e. The summed E-state index contributed by atoms with van der Waals surface area (Å²) >= 11 is 4.93. The number of aryl methyl sites for hydroxylation is 1. The monoisotopic (exact) mass is 410 g/mol. The molecule has 2 rings (SSSR count). The lowest BCUT2D eigenvalue weighted by Crippen LogP contribution is -2.37. The number of anilines is 1. The predicted octanol–water partition coefficient (Wildman–Crippen LogP) is 5.03. The second kappa shape index (κ2) is 9.05. The van der Waals surface area contributed by atoms with Crippen molar-refractivity contribution in [3.8, 4) is 5.75 Å². The molecule has 150 valence electrons. The van der Waals surface area contributed by atoms with Gasteiger partial charge in [0.1, 0.15) is 5.75 Å². The van der Waals surface area contributed by atoms with Crippen LogP contribution in [0, 0.1) is 6.92 Å². The lowest BCUT2D eigenvalue weighted by atomic mass is 9.98. The number of amides is 1. The Hall–Kier alpha value is -2.61. The third kappa shape index (κ3) is 5.95. The predicted molar refractivity (Wildman–Crippen MR) is 107 cm³/mol. The third-order valence-corrected chi connectivity index (χ3v) is 4.17. The quantitative estimate of drug-likeness (QED) is 0.679. The van der Waals surface area contributed by atoms with Crippen LogP contribution in [0.1, 0.15) is 36.5 Å². The highest BCUT2D eigenvalue weighted by molar-refractivity contribution is 7.80. The molecule has 0 spiro atoms. The van der Waals surface area contributed by atoms with E-state index in [1.807, 2.05) is 19.1 Å². The van der Waals surface area contributed by atoms with Crippen molar-refractivity contribution in [3.63, 3.8) is 0 Å². The number of hydrogen-bond acceptors (Lipinski definition) is 3. The summed E-state index contributed by atoms with van der Waals surface area (Å²) in [5, 5.41) is 4.47. The second-order valence-electron chi connectivity index (χ2n) is 6.51. The van der Waals surface area contributed by atoms with Crippen LogP contribution in [0.25, 0.3) is 0 Å². The number of carbonyl (C=O) groups is 1. The number of benzene rings is 2. The number of rotatable bonds is 5. The molecule has 0 unspecified atom stereocenters. The minimum Gasteiger partial charge on any atom is -0.484 e. The molecule has 0 heterocycles. The van der Waals surface area contributed by atoms with Gasteiger partial charge in [0.2, 0.25) is 0 Å². The fourth-order valence-electron chi connectivity index (χ4n) is 2.69. The van der Waals surface area contributed by atoms with Gasteiger partial charge in [-0.15, -0.1) is 0 Å². The van der Waals surface area contributed by atoms with E-state index in [1.165, 1.54) is 23.8 Å². The van der Waals surface area contributed by atoms with Crippen LogP contribution in [0.3, 0.4) is 0 Å². The lowest BCUT2D eigenvalue weighted by molar-refractivity contribution is -0.136. The molecule has 0 radical (unpaired) electrons. The maximum Gasteiger partial charge on any atom is 0.418 e. The molecule has 0 aromatic heterocycles. The van der Waals surface area contributed by atoms with E-state index >= 15 is 0 Å².